The lowest BCUT2D eigenvalue weighted by Gasteiger charge is -2.29. The van der Waals surface area contributed by atoms with Gasteiger partial charge in [0.05, 0.1) is 6.61 Å². The largest absolute Gasteiger partial charge is 0.493 e. The summed E-state index contributed by atoms with van der Waals surface area (Å²) in [6, 6.07) is 4.28. The van der Waals surface area contributed by atoms with Crippen molar-refractivity contribution in [3.05, 3.63) is 28.8 Å². The molecule has 0 bridgehead atoms. The smallest absolute Gasteiger partial charge is 0.122 e. The average molecular weight is 247 g/mol. The molecule has 0 amide bonds. The van der Waals surface area contributed by atoms with Crippen LogP contribution < -0.4 is 4.74 Å². The first-order valence-corrected chi connectivity index (χ1v) is 6.96. The standard InChI is InChI=1S/C16H25NO/c1-12-5-6-16(14(3)13(12)2)18-11-15-7-9-17(4)10-8-15/h5-6,15H,7-11H2,1-4H3. The Morgan fingerprint density at radius 1 is 1.11 bits per heavy atom. The van der Waals surface area contributed by atoms with Gasteiger partial charge in [0, 0.05) is 0 Å². The molecular weight excluding hydrogens is 222 g/mol. The monoisotopic (exact) mass is 247 g/mol. The van der Waals surface area contributed by atoms with Crippen molar-refractivity contribution >= 4 is 0 Å². The number of aryl methyl sites for hydroxylation is 1. The van der Waals surface area contributed by atoms with Crippen molar-refractivity contribution < 1.29 is 4.74 Å². The predicted molar refractivity (Wildman–Crippen MR) is 76.4 cm³/mol. The van der Waals surface area contributed by atoms with E-state index in [1.54, 1.807) is 0 Å². The summed E-state index contributed by atoms with van der Waals surface area (Å²) in [6.45, 7) is 9.78. The summed E-state index contributed by atoms with van der Waals surface area (Å²) in [5, 5.41) is 0. The van der Waals surface area contributed by atoms with E-state index in [2.05, 4.69) is 44.9 Å². The van der Waals surface area contributed by atoms with E-state index in [1.807, 2.05) is 0 Å². The molecule has 2 heteroatoms. The highest BCUT2D eigenvalue weighted by atomic mass is 16.5. The number of hydrogen-bond acceptors (Lipinski definition) is 2. The lowest BCUT2D eigenvalue weighted by atomic mass is 9.98. The number of piperidine rings is 1. The molecule has 0 N–H and O–H groups in total. The van der Waals surface area contributed by atoms with Gasteiger partial charge in [0.2, 0.25) is 0 Å². The molecule has 18 heavy (non-hydrogen) atoms. The molecule has 1 aliphatic heterocycles. The molecule has 2 nitrogen and oxygen atoms in total. The minimum atomic E-state index is 0.724. The SMILES string of the molecule is Cc1ccc(OCC2CCN(C)CC2)c(C)c1C. The van der Waals surface area contributed by atoms with E-state index < -0.39 is 0 Å². The van der Waals surface area contributed by atoms with Crippen molar-refractivity contribution in [3.63, 3.8) is 0 Å². The molecule has 1 aromatic carbocycles. The van der Waals surface area contributed by atoms with Crippen LogP contribution in [0.5, 0.6) is 5.75 Å². The van der Waals surface area contributed by atoms with Crippen LogP contribution in [0.1, 0.15) is 29.5 Å². The Balaban J connectivity index is 1.92. The van der Waals surface area contributed by atoms with E-state index in [-0.39, 0.29) is 0 Å². The Bertz CT molecular complexity index is 406. The Labute approximate surface area is 111 Å². The maximum Gasteiger partial charge on any atom is 0.122 e. The van der Waals surface area contributed by atoms with E-state index in [0.29, 0.717) is 0 Å². The fraction of sp³-hybridized carbons (Fsp3) is 0.625. The van der Waals surface area contributed by atoms with Gasteiger partial charge in [-0.05, 0) is 82.4 Å². The second-order valence-corrected chi connectivity index (χ2v) is 5.69. The van der Waals surface area contributed by atoms with Crippen molar-refractivity contribution in [1.29, 1.82) is 0 Å². The van der Waals surface area contributed by atoms with Gasteiger partial charge >= 0.3 is 0 Å². The molecule has 0 saturated carbocycles. The third-order valence-electron chi connectivity index (χ3n) is 4.32. The van der Waals surface area contributed by atoms with Crippen molar-refractivity contribution in [1.82, 2.24) is 4.90 Å². The van der Waals surface area contributed by atoms with Gasteiger partial charge in [-0.3, -0.25) is 0 Å². The van der Waals surface area contributed by atoms with Crippen LogP contribution >= 0.6 is 0 Å². The molecule has 0 aliphatic carbocycles. The third kappa shape index (κ3) is 3.05. The molecule has 0 radical (unpaired) electrons. The van der Waals surface area contributed by atoms with Crippen LogP contribution in [0.15, 0.2) is 12.1 Å². The van der Waals surface area contributed by atoms with Crippen LogP contribution in [0.3, 0.4) is 0 Å². The topological polar surface area (TPSA) is 12.5 Å². The first-order valence-electron chi connectivity index (χ1n) is 6.96. The first kappa shape index (κ1) is 13.4. The summed E-state index contributed by atoms with van der Waals surface area (Å²) in [7, 11) is 2.20. The minimum absolute atomic E-state index is 0.724. The van der Waals surface area contributed by atoms with Crippen molar-refractivity contribution in [2.45, 2.75) is 33.6 Å². The van der Waals surface area contributed by atoms with Crippen molar-refractivity contribution in [2.24, 2.45) is 5.92 Å². The summed E-state index contributed by atoms with van der Waals surface area (Å²) >= 11 is 0. The zero-order valence-corrected chi connectivity index (χ0v) is 12.1. The predicted octanol–water partition coefficient (Wildman–Crippen LogP) is 3.33. The van der Waals surface area contributed by atoms with E-state index in [0.717, 1.165) is 18.3 Å². The zero-order valence-electron chi connectivity index (χ0n) is 12.1. The number of benzene rings is 1. The molecule has 0 unspecified atom stereocenters. The van der Waals surface area contributed by atoms with Gasteiger partial charge in [-0.2, -0.15) is 0 Å². The van der Waals surface area contributed by atoms with Gasteiger partial charge in [-0.15, -0.1) is 0 Å². The second-order valence-electron chi connectivity index (χ2n) is 5.69. The Morgan fingerprint density at radius 2 is 1.78 bits per heavy atom. The number of rotatable bonds is 3. The molecular formula is C16H25NO. The molecule has 0 aromatic heterocycles. The van der Waals surface area contributed by atoms with Gasteiger partial charge in [-0.25, -0.2) is 0 Å². The highest BCUT2D eigenvalue weighted by Crippen LogP contribution is 2.25. The van der Waals surface area contributed by atoms with E-state index in [4.69, 9.17) is 4.74 Å². The Kier molecular flexibility index (Phi) is 4.28. The molecule has 1 heterocycles. The van der Waals surface area contributed by atoms with Crippen LogP contribution in [0.25, 0.3) is 0 Å². The van der Waals surface area contributed by atoms with Gasteiger partial charge in [0.25, 0.3) is 0 Å². The van der Waals surface area contributed by atoms with Gasteiger partial charge in [-0.1, -0.05) is 6.07 Å². The molecule has 1 aliphatic rings. The lowest BCUT2D eigenvalue weighted by molar-refractivity contribution is 0.159. The fourth-order valence-electron chi connectivity index (χ4n) is 2.52. The fourth-order valence-corrected chi connectivity index (χ4v) is 2.52. The Hall–Kier alpha value is -1.02. The first-order chi connectivity index (χ1) is 8.58. The number of hydrogen-bond donors (Lipinski definition) is 0. The van der Waals surface area contributed by atoms with E-state index in [1.165, 1.54) is 42.6 Å². The van der Waals surface area contributed by atoms with Crippen LogP contribution in [0.4, 0.5) is 0 Å². The van der Waals surface area contributed by atoms with Gasteiger partial charge in [0.1, 0.15) is 5.75 Å². The summed E-state index contributed by atoms with van der Waals surface area (Å²) in [5.74, 6) is 1.79. The second kappa shape index (κ2) is 5.75. The highest BCUT2D eigenvalue weighted by Gasteiger charge is 2.17. The van der Waals surface area contributed by atoms with Crippen molar-refractivity contribution in [2.75, 3.05) is 26.7 Å². The summed E-state index contributed by atoms with van der Waals surface area (Å²) in [6.07, 6.45) is 2.53. The molecule has 1 aromatic rings. The van der Waals surface area contributed by atoms with E-state index in [9.17, 15) is 0 Å². The number of ether oxygens (including phenoxy) is 1. The quantitative estimate of drug-likeness (QED) is 0.812. The summed E-state index contributed by atoms with van der Waals surface area (Å²) in [5.41, 5.74) is 4.00. The van der Waals surface area contributed by atoms with Crippen molar-refractivity contribution in [3.8, 4) is 5.75 Å². The average Bonchev–Trinajstić information content (AvgIpc) is 2.37. The Morgan fingerprint density at radius 3 is 2.44 bits per heavy atom. The van der Waals surface area contributed by atoms with E-state index >= 15 is 0 Å². The molecule has 0 spiro atoms. The molecule has 2 rings (SSSR count). The van der Waals surface area contributed by atoms with Crippen LogP contribution in [0.2, 0.25) is 0 Å². The maximum atomic E-state index is 6.03. The van der Waals surface area contributed by atoms with Crippen LogP contribution in [-0.4, -0.2) is 31.6 Å². The van der Waals surface area contributed by atoms with Crippen LogP contribution in [-0.2, 0) is 0 Å². The van der Waals surface area contributed by atoms with Gasteiger partial charge < -0.3 is 9.64 Å². The molecule has 1 saturated heterocycles. The van der Waals surface area contributed by atoms with Gasteiger partial charge in [0.15, 0.2) is 0 Å². The highest BCUT2D eigenvalue weighted by molar-refractivity contribution is 5.42. The molecule has 0 atom stereocenters. The summed E-state index contributed by atoms with van der Waals surface area (Å²) in [4.78, 5) is 2.40. The normalized spacial score (nSPS) is 18.0. The third-order valence-corrected chi connectivity index (χ3v) is 4.32. The maximum absolute atomic E-state index is 6.03. The zero-order chi connectivity index (χ0) is 13.1. The molecule has 100 valence electrons. The number of likely N-dealkylation sites (tertiary alicyclic amines) is 1. The summed E-state index contributed by atoms with van der Waals surface area (Å²) < 4.78 is 6.03. The lowest BCUT2D eigenvalue weighted by Crippen LogP contribution is -2.32. The molecule has 1 fully saturated rings. The number of nitrogens with zero attached hydrogens (tertiary/aromatic N) is 1. The van der Waals surface area contributed by atoms with Crippen LogP contribution in [0, 0.1) is 26.7 Å². The minimum Gasteiger partial charge on any atom is -0.493 e.